The Hall–Kier alpha value is -1.03. The molecule has 152 valence electrons. The molecule has 0 unspecified atom stereocenters. The van der Waals surface area contributed by atoms with Crippen LogP contribution in [0.1, 0.15) is 96.8 Å². The Bertz CT molecular complexity index is 373. The third-order valence-corrected chi connectivity index (χ3v) is 4.49. The fourth-order valence-corrected chi connectivity index (χ4v) is 2.84. The van der Waals surface area contributed by atoms with Crippen molar-refractivity contribution < 1.29 is 9.59 Å². The summed E-state index contributed by atoms with van der Waals surface area (Å²) >= 11 is 5.46. The molecule has 0 fully saturated rings. The molecule has 2 N–H and O–H groups in total. The zero-order valence-corrected chi connectivity index (χ0v) is 17.4. The van der Waals surface area contributed by atoms with Crippen LogP contribution in [-0.4, -0.2) is 24.4 Å². The van der Waals surface area contributed by atoms with E-state index >= 15 is 0 Å². The fourth-order valence-electron chi connectivity index (χ4n) is 2.75. The van der Waals surface area contributed by atoms with E-state index in [1.165, 1.54) is 57.8 Å². The molecule has 0 rings (SSSR count). The van der Waals surface area contributed by atoms with Crippen molar-refractivity contribution in [2.75, 3.05) is 12.4 Å². The molecule has 3 amide bonds. The lowest BCUT2D eigenvalue weighted by atomic mass is 10.1. The molecule has 0 aromatic rings. The largest absolute Gasteiger partial charge is 0.337 e. The standard InChI is InChI=1S/C21H39ClN2O2/c1-2-3-4-5-6-7-8-9-10-11-12-13-14-15-16-17-20(25)24-21(26)23-19-18-22/h9-10H,2-8,11-19H2,1H3,(H2,23,24,25,26)/b10-9-. The van der Waals surface area contributed by atoms with Crippen LogP contribution in [0.4, 0.5) is 4.79 Å². The molecule has 0 aliphatic heterocycles. The SMILES string of the molecule is CCCCCCCC/C=C\CCCCCCCC(=O)NC(=O)NCCCl. The van der Waals surface area contributed by atoms with Gasteiger partial charge in [-0.3, -0.25) is 10.1 Å². The van der Waals surface area contributed by atoms with E-state index in [1.54, 1.807) is 0 Å². The highest BCUT2D eigenvalue weighted by atomic mass is 35.5. The van der Waals surface area contributed by atoms with Gasteiger partial charge < -0.3 is 5.32 Å². The first-order valence-corrected chi connectivity index (χ1v) is 11.0. The molecule has 0 aliphatic rings. The number of alkyl halides is 1. The zero-order valence-electron chi connectivity index (χ0n) is 16.7. The molecule has 0 aliphatic carbocycles. The molecule has 0 spiro atoms. The van der Waals surface area contributed by atoms with Crippen molar-refractivity contribution in [3.8, 4) is 0 Å². The second-order valence-corrected chi connectivity index (χ2v) is 7.21. The summed E-state index contributed by atoms with van der Waals surface area (Å²) in [5, 5.41) is 4.82. The number of nitrogens with one attached hydrogen (secondary N) is 2. The van der Waals surface area contributed by atoms with Crippen LogP contribution >= 0.6 is 11.6 Å². The van der Waals surface area contributed by atoms with Gasteiger partial charge in [-0.1, -0.05) is 70.4 Å². The van der Waals surface area contributed by atoms with Gasteiger partial charge in [-0.25, -0.2) is 4.79 Å². The minimum absolute atomic E-state index is 0.213. The Kier molecular flexibility index (Phi) is 19.5. The normalized spacial score (nSPS) is 11.0. The van der Waals surface area contributed by atoms with E-state index in [0.29, 0.717) is 18.8 Å². The maximum absolute atomic E-state index is 11.5. The molecular formula is C21H39ClN2O2. The van der Waals surface area contributed by atoms with E-state index in [-0.39, 0.29) is 5.91 Å². The number of urea groups is 1. The molecule has 0 bridgehead atoms. The van der Waals surface area contributed by atoms with Gasteiger partial charge in [0, 0.05) is 18.8 Å². The van der Waals surface area contributed by atoms with Crippen molar-refractivity contribution in [1.82, 2.24) is 10.6 Å². The van der Waals surface area contributed by atoms with Crippen molar-refractivity contribution in [2.24, 2.45) is 0 Å². The topological polar surface area (TPSA) is 58.2 Å². The van der Waals surface area contributed by atoms with Crippen molar-refractivity contribution in [3.63, 3.8) is 0 Å². The van der Waals surface area contributed by atoms with Gasteiger partial charge in [0.05, 0.1) is 0 Å². The molecule has 26 heavy (non-hydrogen) atoms. The van der Waals surface area contributed by atoms with Crippen LogP contribution in [-0.2, 0) is 4.79 Å². The number of rotatable bonds is 17. The average molecular weight is 387 g/mol. The predicted octanol–water partition coefficient (Wildman–Crippen LogP) is 6.09. The molecule has 0 atom stereocenters. The highest BCUT2D eigenvalue weighted by molar-refractivity contribution is 6.18. The average Bonchev–Trinajstić information content (AvgIpc) is 2.63. The van der Waals surface area contributed by atoms with Crippen LogP contribution in [0.3, 0.4) is 0 Å². The third-order valence-electron chi connectivity index (χ3n) is 4.30. The number of hydrogen-bond donors (Lipinski definition) is 2. The lowest BCUT2D eigenvalue weighted by Gasteiger charge is -2.05. The first-order chi connectivity index (χ1) is 12.7. The minimum Gasteiger partial charge on any atom is -0.337 e. The molecule has 0 aromatic carbocycles. The van der Waals surface area contributed by atoms with E-state index in [1.807, 2.05) is 0 Å². The third kappa shape index (κ3) is 19.3. The highest BCUT2D eigenvalue weighted by Gasteiger charge is 2.06. The smallest absolute Gasteiger partial charge is 0.321 e. The summed E-state index contributed by atoms with van der Waals surface area (Å²) in [6.07, 6.45) is 21.1. The van der Waals surface area contributed by atoms with Crippen molar-refractivity contribution in [3.05, 3.63) is 12.2 Å². The van der Waals surface area contributed by atoms with Gasteiger partial charge in [0.25, 0.3) is 0 Å². The van der Waals surface area contributed by atoms with E-state index in [2.05, 4.69) is 29.7 Å². The van der Waals surface area contributed by atoms with Gasteiger partial charge in [-0.05, 0) is 32.1 Å². The molecule has 0 heterocycles. The second-order valence-electron chi connectivity index (χ2n) is 6.83. The quantitative estimate of drug-likeness (QED) is 0.180. The zero-order chi connectivity index (χ0) is 19.3. The fraction of sp³-hybridized carbons (Fsp3) is 0.810. The number of halogens is 1. The molecule has 0 saturated carbocycles. The highest BCUT2D eigenvalue weighted by Crippen LogP contribution is 2.09. The number of allylic oxidation sites excluding steroid dienone is 2. The maximum Gasteiger partial charge on any atom is 0.321 e. The summed E-state index contributed by atoms with van der Waals surface area (Å²) in [5.74, 6) is 0.130. The summed E-state index contributed by atoms with van der Waals surface area (Å²) in [7, 11) is 0. The summed E-state index contributed by atoms with van der Waals surface area (Å²) in [5.41, 5.74) is 0. The van der Waals surface area contributed by atoms with Gasteiger partial charge in [-0.2, -0.15) is 0 Å². The number of carbonyl (C=O) groups is 2. The molecular weight excluding hydrogens is 348 g/mol. The number of amides is 3. The molecule has 4 nitrogen and oxygen atoms in total. The second kappa shape index (κ2) is 20.3. The van der Waals surface area contributed by atoms with Gasteiger partial charge in [0.2, 0.25) is 5.91 Å². The molecule has 0 aromatic heterocycles. The predicted molar refractivity (Wildman–Crippen MR) is 112 cm³/mol. The minimum atomic E-state index is -0.455. The van der Waals surface area contributed by atoms with Crippen LogP contribution in [0.2, 0.25) is 0 Å². The summed E-state index contributed by atoms with van der Waals surface area (Å²) < 4.78 is 0. The first kappa shape index (κ1) is 25.0. The lowest BCUT2D eigenvalue weighted by Crippen LogP contribution is -2.40. The van der Waals surface area contributed by atoms with Gasteiger partial charge in [-0.15, -0.1) is 11.6 Å². The van der Waals surface area contributed by atoms with Crippen LogP contribution in [0.25, 0.3) is 0 Å². The molecule has 5 heteroatoms. The Morgan fingerprint density at radius 1 is 0.808 bits per heavy atom. The Labute approximate surface area is 165 Å². The molecule has 0 saturated heterocycles. The van der Waals surface area contributed by atoms with Crippen LogP contribution < -0.4 is 10.6 Å². The Balaban J connectivity index is 3.29. The summed E-state index contributed by atoms with van der Waals surface area (Å²) in [6, 6.07) is -0.455. The van der Waals surface area contributed by atoms with Gasteiger partial charge >= 0.3 is 6.03 Å². The Morgan fingerprint density at radius 3 is 1.92 bits per heavy atom. The van der Waals surface area contributed by atoms with Crippen LogP contribution in [0.15, 0.2) is 12.2 Å². The van der Waals surface area contributed by atoms with E-state index in [9.17, 15) is 9.59 Å². The summed E-state index contributed by atoms with van der Waals surface area (Å²) in [4.78, 5) is 22.8. The number of unbranched alkanes of at least 4 members (excludes halogenated alkanes) is 11. The maximum atomic E-state index is 11.5. The molecule has 0 radical (unpaired) electrons. The van der Waals surface area contributed by atoms with Crippen molar-refractivity contribution in [1.29, 1.82) is 0 Å². The Morgan fingerprint density at radius 2 is 1.35 bits per heavy atom. The van der Waals surface area contributed by atoms with Crippen LogP contribution in [0, 0.1) is 0 Å². The van der Waals surface area contributed by atoms with Crippen molar-refractivity contribution >= 4 is 23.5 Å². The van der Waals surface area contributed by atoms with Gasteiger partial charge in [0.15, 0.2) is 0 Å². The van der Waals surface area contributed by atoms with Crippen LogP contribution in [0.5, 0.6) is 0 Å². The lowest BCUT2D eigenvalue weighted by molar-refractivity contribution is -0.120. The van der Waals surface area contributed by atoms with E-state index in [0.717, 1.165) is 25.7 Å². The number of hydrogen-bond acceptors (Lipinski definition) is 2. The van der Waals surface area contributed by atoms with E-state index in [4.69, 9.17) is 11.6 Å². The number of imide groups is 1. The van der Waals surface area contributed by atoms with Gasteiger partial charge in [0.1, 0.15) is 0 Å². The number of carbonyl (C=O) groups excluding carboxylic acids is 2. The van der Waals surface area contributed by atoms with E-state index < -0.39 is 6.03 Å². The summed E-state index contributed by atoms with van der Waals surface area (Å²) in [6.45, 7) is 2.62. The first-order valence-electron chi connectivity index (χ1n) is 10.5. The van der Waals surface area contributed by atoms with Crippen molar-refractivity contribution in [2.45, 2.75) is 96.8 Å². The monoisotopic (exact) mass is 386 g/mol.